The van der Waals surface area contributed by atoms with Gasteiger partial charge in [0, 0.05) is 24.0 Å². The van der Waals surface area contributed by atoms with Gasteiger partial charge in [0.1, 0.15) is 11.5 Å². The van der Waals surface area contributed by atoms with E-state index in [1.54, 1.807) is 29.4 Å². The molecule has 3 aliphatic rings. The van der Waals surface area contributed by atoms with E-state index in [9.17, 15) is 14.7 Å². The van der Waals surface area contributed by atoms with Gasteiger partial charge in [0.15, 0.2) is 0 Å². The lowest BCUT2D eigenvalue weighted by Gasteiger charge is -2.35. The molecule has 1 amide bonds. The molecular weight excluding hydrogens is 392 g/mol. The van der Waals surface area contributed by atoms with Crippen LogP contribution >= 0.6 is 0 Å². The van der Waals surface area contributed by atoms with E-state index in [1.165, 1.54) is 0 Å². The van der Waals surface area contributed by atoms with Crippen molar-refractivity contribution in [2.75, 3.05) is 6.61 Å². The number of nitrogens with zero attached hydrogens (tertiary/aromatic N) is 2. The molecule has 2 fully saturated rings. The van der Waals surface area contributed by atoms with Gasteiger partial charge in [-0.2, -0.15) is 0 Å². The number of likely N-dealkylation sites (tertiary alicyclic amines) is 1. The number of ketones is 1. The van der Waals surface area contributed by atoms with Crippen LogP contribution in [0.1, 0.15) is 61.3 Å². The van der Waals surface area contributed by atoms with E-state index in [2.05, 4.69) is 4.98 Å². The summed E-state index contributed by atoms with van der Waals surface area (Å²) in [6.07, 6.45) is 10.1. The van der Waals surface area contributed by atoms with Crippen LogP contribution in [0.3, 0.4) is 0 Å². The van der Waals surface area contributed by atoms with Crippen molar-refractivity contribution in [3.63, 3.8) is 0 Å². The zero-order chi connectivity index (χ0) is 21.4. The van der Waals surface area contributed by atoms with E-state index >= 15 is 0 Å². The summed E-state index contributed by atoms with van der Waals surface area (Å²) in [6.45, 7) is 0.686. The Balaban J connectivity index is 1.63. The number of pyridine rings is 1. The topological polar surface area (TPSA) is 79.7 Å². The van der Waals surface area contributed by atoms with E-state index in [1.807, 2.05) is 18.2 Å². The average Bonchev–Trinajstić information content (AvgIpc) is 3.10. The molecule has 0 spiro atoms. The zero-order valence-corrected chi connectivity index (χ0v) is 17.4. The summed E-state index contributed by atoms with van der Waals surface area (Å²) < 4.78 is 5.67. The molecule has 5 rings (SSSR count). The molecule has 0 bridgehead atoms. The molecular formula is C25H26N2O4. The molecule has 6 nitrogen and oxygen atoms in total. The molecule has 3 heterocycles. The Kier molecular flexibility index (Phi) is 5.22. The van der Waals surface area contributed by atoms with Gasteiger partial charge in [0.2, 0.25) is 0 Å². The minimum atomic E-state index is -0.621. The van der Waals surface area contributed by atoms with E-state index < -0.39 is 17.7 Å². The van der Waals surface area contributed by atoms with E-state index in [4.69, 9.17) is 4.74 Å². The predicted octanol–water partition coefficient (Wildman–Crippen LogP) is 4.16. The van der Waals surface area contributed by atoms with E-state index in [0.29, 0.717) is 12.2 Å². The molecule has 0 radical (unpaired) electrons. The molecule has 160 valence electrons. The first-order chi connectivity index (χ1) is 15.1. The first kappa shape index (κ1) is 19.8. The third kappa shape index (κ3) is 3.50. The largest absolute Gasteiger partial charge is 0.507 e. The molecule has 1 aromatic carbocycles. The van der Waals surface area contributed by atoms with Crippen LogP contribution in [0.4, 0.5) is 0 Å². The van der Waals surface area contributed by atoms with Crippen molar-refractivity contribution in [1.82, 2.24) is 9.88 Å². The van der Waals surface area contributed by atoms with Crippen molar-refractivity contribution in [2.45, 2.75) is 57.0 Å². The summed E-state index contributed by atoms with van der Waals surface area (Å²) in [5.41, 5.74) is 2.45. The Morgan fingerprint density at radius 3 is 2.71 bits per heavy atom. The highest BCUT2D eigenvalue weighted by atomic mass is 16.5. The second-order valence-corrected chi connectivity index (χ2v) is 8.56. The highest BCUT2D eigenvalue weighted by molar-refractivity contribution is 6.46. The Bertz CT molecular complexity index is 1040. The van der Waals surface area contributed by atoms with Crippen LogP contribution in [0, 0.1) is 0 Å². The molecule has 1 atom stereocenters. The summed E-state index contributed by atoms with van der Waals surface area (Å²) in [4.78, 5) is 32.3. The van der Waals surface area contributed by atoms with Gasteiger partial charge >= 0.3 is 0 Å². The van der Waals surface area contributed by atoms with E-state index in [0.717, 1.165) is 61.8 Å². The number of ether oxygens (including phenoxy) is 1. The number of carbonyl (C=O) groups is 2. The molecule has 1 saturated carbocycles. The fraction of sp³-hybridized carbons (Fsp3) is 0.400. The molecule has 31 heavy (non-hydrogen) atoms. The minimum absolute atomic E-state index is 0.00219. The molecule has 1 aromatic heterocycles. The van der Waals surface area contributed by atoms with Gasteiger partial charge in [0.05, 0.1) is 18.2 Å². The van der Waals surface area contributed by atoms with Crippen LogP contribution in [-0.4, -0.2) is 39.3 Å². The number of aryl methyl sites for hydroxylation is 1. The summed E-state index contributed by atoms with van der Waals surface area (Å²) in [7, 11) is 0. The second-order valence-electron chi connectivity index (χ2n) is 8.56. The van der Waals surface area contributed by atoms with Gasteiger partial charge in [-0.05, 0) is 61.1 Å². The van der Waals surface area contributed by atoms with Gasteiger partial charge in [-0.1, -0.05) is 25.3 Å². The number of carbonyl (C=O) groups excluding carboxylic acids is 2. The Morgan fingerprint density at radius 1 is 1.10 bits per heavy atom. The molecule has 2 aliphatic heterocycles. The molecule has 1 N–H and O–H groups in total. The van der Waals surface area contributed by atoms with Crippen LogP contribution in [-0.2, 0) is 16.0 Å². The van der Waals surface area contributed by atoms with Gasteiger partial charge in [-0.25, -0.2) is 0 Å². The Labute approximate surface area is 181 Å². The first-order valence-corrected chi connectivity index (χ1v) is 11.1. The number of hydrogen-bond acceptors (Lipinski definition) is 5. The predicted molar refractivity (Wildman–Crippen MR) is 116 cm³/mol. The standard InChI is InChI=1S/C25H26N2O4/c28-23(17-10-11-20-16(14-17)7-5-13-31-20)21-22(18-6-4-12-26-15-18)27(25(30)24(21)29)19-8-2-1-3-9-19/h4,6,10-12,14-15,19,22,28H,1-3,5,7-9,13H2/b23-21-. The third-order valence-electron chi connectivity index (χ3n) is 6.63. The summed E-state index contributed by atoms with van der Waals surface area (Å²) in [5, 5.41) is 11.3. The first-order valence-electron chi connectivity index (χ1n) is 11.1. The molecule has 1 unspecified atom stereocenters. The number of fused-ring (bicyclic) bond motifs is 1. The fourth-order valence-electron chi connectivity index (χ4n) is 5.11. The second kappa shape index (κ2) is 8.17. The van der Waals surface area contributed by atoms with Crippen molar-refractivity contribution in [2.24, 2.45) is 0 Å². The SMILES string of the molecule is O=C1C(=O)N(C2CCCCC2)C(c2cccnc2)/C1=C(/O)c1ccc2c(c1)CCCO2. The van der Waals surface area contributed by atoms with Gasteiger partial charge < -0.3 is 14.7 Å². The quantitative estimate of drug-likeness (QED) is 0.460. The number of amides is 1. The van der Waals surface area contributed by atoms with Crippen LogP contribution in [0.25, 0.3) is 5.76 Å². The van der Waals surface area contributed by atoms with Crippen LogP contribution in [0.5, 0.6) is 5.75 Å². The lowest BCUT2D eigenvalue weighted by molar-refractivity contribution is -0.141. The maximum Gasteiger partial charge on any atom is 0.295 e. The Hall–Kier alpha value is -3.15. The van der Waals surface area contributed by atoms with Gasteiger partial charge in [0.25, 0.3) is 11.7 Å². The number of aliphatic hydroxyl groups excluding tert-OH is 1. The van der Waals surface area contributed by atoms with Crippen LogP contribution in [0.2, 0.25) is 0 Å². The minimum Gasteiger partial charge on any atom is -0.507 e. The number of Topliss-reactive ketones (excluding diaryl/α,β-unsaturated/α-hetero) is 1. The van der Waals surface area contributed by atoms with Crippen LogP contribution in [0.15, 0.2) is 48.3 Å². The highest BCUT2D eigenvalue weighted by Crippen LogP contribution is 2.43. The normalized spacial score (nSPS) is 23.5. The number of aromatic nitrogens is 1. The van der Waals surface area contributed by atoms with Crippen molar-refractivity contribution in [3.05, 3.63) is 65.0 Å². The van der Waals surface area contributed by atoms with Gasteiger partial charge in [-0.15, -0.1) is 0 Å². The lowest BCUT2D eigenvalue weighted by atomic mass is 9.91. The molecule has 2 aromatic rings. The average molecular weight is 418 g/mol. The van der Waals surface area contributed by atoms with Gasteiger partial charge in [-0.3, -0.25) is 14.6 Å². The molecule has 1 saturated heterocycles. The lowest BCUT2D eigenvalue weighted by Crippen LogP contribution is -2.40. The molecule has 1 aliphatic carbocycles. The third-order valence-corrected chi connectivity index (χ3v) is 6.63. The highest BCUT2D eigenvalue weighted by Gasteiger charge is 2.49. The maximum absolute atomic E-state index is 13.2. The zero-order valence-electron chi connectivity index (χ0n) is 17.4. The Morgan fingerprint density at radius 2 is 1.94 bits per heavy atom. The van der Waals surface area contributed by atoms with Crippen molar-refractivity contribution in [1.29, 1.82) is 0 Å². The number of rotatable bonds is 3. The number of hydrogen-bond donors (Lipinski definition) is 1. The smallest absolute Gasteiger partial charge is 0.295 e. The van der Waals surface area contributed by atoms with Crippen molar-refractivity contribution < 1.29 is 19.4 Å². The number of aliphatic hydroxyl groups is 1. The monoisotopic (exact) mass is 418 g/mol. The van der Waals surface area contributed by atoms with Crippen molar-refractivity contribution in [3.8, 4) is 5.75 Å². The van der Waals surface area contributed by atoms with E-state index in [-0.39, 0.29) is 17.4 Å². The molecule has 6 heteroatoms. The summed E-state index contributed by atoms with van der Waals surface area (Å²) in [6, 6.07) is 8.51. The number of benzene rings is 1. The van der Waals surface area contributed by atoms with Crippen molar-refractivity contribution >= 4 is 17.4 Å². The summed E-state index contributed by atoms with van der Waals surface area (Å²) in [5.74, 6) is -0.456. The summed E-state index contributed by atoms with van der Waals surface area (Å²) >= 11 is 0. The van der Waals surface area contributed by atoms with Crippen LogP contribution < -0.4 is 4.74 Å². The maximum atomic E-state index is 13.2. The fourth-order valence-corrected chi connectivity index (χ4v) is 5.11.